The van der Waals surface area contributed by atoms with Crippen LogP contribution in [0.15, 0.2) is 18.2 Å². The van der Waals surface area contributed by atoms with Crippen molar-refractivity contribution in [2.75, 3.05) is 26.2 Å². The van der Waals surface area contributed by atoms with Gasteiger partial charge in [0.2, 0.25) is 0 Å². The van der Waals surface area contributed by atoms with E-state index < -0.39 is 28.9 Å². The Hall–Kier alpha value is -1.09. The lowest BCUT2D eigenvalue weighted by Crippen LogP contribution is -2.47. The van der Waals surface area contributed by atoms with E-state index in [1.807, 2.05) is 0 Å². The quantitative estimate of drug-likeness (QED) is 0.661. The zero-order valence-corrected chi connectivity index (χ0v) is 13.0. The Morgan fingerprint density at radius 2 is 1.82 bits per heavy atom. The fourth-order valence-corrected chi connectivity index (χ4v) is 2.38. The highest BCUT2D eigenvalue weighted by Gasteiger charge is 2.35. The van der Waals surface area contributed by atoms with Gasteiger partial charge in [-0.1, -0.05) is 0 Å². The Balaban J connectivity index is 0.00000220. The summed E-state index contributed by atoms with van der Waals surface area (Å²) in [6.07, 6.45) is -2.78. The van der Waals surface area contributed by atoms with Gasteiger partial charge in [-0.15, -0.1) is 24.8 Å². The molecule has 1 aliphatic heterocycles. The smallest absolute Gasteiger partial charge is 0.277 e. The summed E-state index contributed by atoms with van der Waals surface area (Å²) in [6, 6.07) is 1.34. The lowest BCUT2D eigenvalue weighted by atomic mass is 10.0. The van der Waals surface area contributed by atoms with Crippen LogP contribution in [0.2, 0.25) is 0 Å². The van der Waals surface area contributed by atoms with E-state index in [9.17, 15) is 23.3 Å². The van der Waals surface area contributed by atoms with Crippen molar-refractivity contribution < 1.29 is 18.1 Å². The second kappa shape index (κ2) is 9.14. The largest absolute Gasteiger partial charge is 0.314 e. The maximum absolute atomic E-state index is 13.3. The van der Waals surface area contributed by atoms with Gasteiger partial charge in [0.1, 0.15) is 11.9 Å². The average Bonchev–Trinajstić information content (AvgIpc) is 2.41. The summed E-state index contributed by atoms with van der Waals surface area (Å²) in [5.41, 5.74) is -0.748. The van der Waals surface area contributed by atoms with Gasteiger partial charge >= 0.3 is 0 Å². The number of nitro benzene ring substituents is 1. The first-order valence-electron chi connectivity index (χ1n) is 6.17. The fourth-order valence-electron chi connectivity index (χ4n) is 2.38. The molecular formula is C12H16Cl2F3N3O2. The minimum Gasteiger partial charge on any atom is -0.314 e. The highest BCUT2D eigenvalue weighted by molar-refractivity contribution is 5.85. The number of nitro groups is 1. The maximum Gasteiger partial charge on any atom is 0.277 e. The summed E-state index contributed by atoms with van der Waals surface area (Å²) in [5.74, 6) is -0.811. The van der Waals surface area contributed by atoms with E-state index in [4.69, 9.17) is 0 Å². The number of hydrogen-bond donors (Lipinski definition) is 1. The van der Waals surface area contributed by atoms with Gasteiger partial charge in [0, 0.05) is 26.2 Å². The lowest BCUT2D eigenvalue weighted by molar-refractivity contribution is -0.386. The average molecular weight is 362 g/mol. The molecule has 5 nitrogen and oxygen atoms in total. The molecule has 0 radical (unpaired) electrons. The molecule has 0 amide bonds. The van der Waals surface area contributed by atoms with E-state index in [1.165, 1.54) is 4.90 Å². The zero-order valence-electron chi connectivity index (χ0n) is 11.4. The monoisotopic (exact) mass is 361 g/mol. The molecular weight excluding hydrogens is 346 g/mol. The van der Waals surface area contributed by atoms with Crippen molar-refractivity contribution in [3.8, 4) is 0 Å². The Bertz CT molecular complexity index is 503. The minimum absolute atomic E-state index is 0. The summed E-state index contributed by atoms with van der Waals surface area (Å²) in [4.78, 5) is 11.6. The molecule has 1 aromatic rings. The van der Waals surface area contributed by atoms with Crippen LogP contribution in [0.1, 0.15) is 11.6 Å². The first-order chi connectivity index (χ1) is 9.50. The van der Waals surface area contributed by atoms with Crippen LogP contribution in [-0.4, -0.2) is 42.4 Å². The predicted molar refractivity (Wildman–Crippen MR) is 80.7 cm³/mol. The van der Waals surface area contributed by atoms with E-state index in [0.717, 1.165) is 12.1 Å². The SMILES string of the molecule is Cl.Cl.O=[N+]([O-])c1cc(F)ccc1[C@H](C(F)F)N1CCNCC1. The summed E-state index contributed by atoms with van der Waals surface area (Å²) < 4.78 is 39.8. The van der Waals surface area contributed by atoms with Crippen LogP contribution >= 0.6 is 24.8 Å². The molecule has 1 atom stereocenters. The normalized spacial score (nSPS) is 16.5. The third kappa shape index (κ3) is 4.70. The standard InChI is InChI=1S/C12H14F3N3O2.2ClH/c13-8-1-2-9(10(7-8)18(19)20)11(12(14)15)17-5-3-16-4-6-17;;/h1-2,7,11-12,16H,3-6H2;2*1H/t11-;;/m1../s1. The van der Waals surface area contributed by atoms with Crippen LogP contribution in [-0.2, 0) is 0 Å². The zero-order chi connectivity index (χ0) is 14.7. The summed E-state index contributed by atoms with van der Waals surface area (Å²) in [6.45, 7) is 1.81. The molecule has 0 saturated carbocycles. The van der Waals surface area contributed by atoms with Gasteiger partial charge < -0.3 is 5.32 Å². The topological polar surface area (TPSA) is 58.4 Å². The van der Waals surface area contributed by atoms with Crippen molar-refractivity contribution >= 4 is 30.5 Å². The Morgan fingerprint density at radius 3 is 2.32 bits per heavy atom. The molecule has 1 N–H and O–H groups in total. The van der Waals surface area contributed by atoms with Crippen LogP contribution in [0.25, 0.3) is 0 Å². The van der Waals surface area contributed by atoms with Gasteiger partial charge in [-0.05, 0) is 12.1 Å². The Kier molecular flexibility index (Phi) is 8.69. The van der Waals surface area contributed by atoms with E-state index in [1.54, 1.807) is 0 Å². The van der Waals surface area contributed by atoms with Gasteiger partial charge in [0.25, 0.3) is 12.1 Å². The van der Waals surface area contributed by atoms with Crippen molar-refractivity contribution in [2.24, 2.45) is 0 Å². The molecule has 10 heteroatoms. The van der Waals surface area contributed by atoms with Crippen LogP contribution in [0.3, 0.4) is 0 Å². The summed E-state index contributed by atoms with van der Waals surface area (Å²) >= 11 is 0. The number of benzene rings is 1. The molecule has 0 aliphatic carbocycles. The molecule has 1 saturated heterocycles. The lowest BCUT2D eigenvalue weighted by Gasteiger charge is -2.34. The van der Waals surface area contributed by atoms with Crippen molar-refractivity contribution in [2.45, 2.75) is 12.5 Å². The molecule has 1 heterocycles. The summed E-state index contributed by atoms with van der Waals surface area (Å²) in [7, 11) is 0. The number of nitrogens with one attached hydrogen (secondary N) is 1. The molecule has 0 bridgehead atoms. The molecule has 2 rings (SSSR count). The highest BCUT2D eigenvalue weighted by atomic mass is 35.5. The van der Waals surface area contributed by atoms with Gasteiger partial charge in [-0.25, -0.2) is 13.2 Å². The molecule has 0 unspecified atom stereocenters. The molecule has 126 valence electrons. The van der Waals surface area contributed by atoms with Crippen molar-refractivity contribution in [3.05, 3.63) is 39.7 Å². The number of alkyl halides is 2. The van der Waals surface area contributed by atoms with Crippen molar-refractivity contribution in [1.29, 1.82) is 0 Å². The van der Waals surface area contributed by atoms with E-state index in [0.29, 0.717) is 32.2 Å². The third-order valence-electron chi connectivity index (χ3n) is 3.29. The summed E-state index contributed by atoms with van der Waals surface area (Å²) in [5, 5.41) is 14.0. The van der Waals surface area contributed by atoms with Gasteiger partial charge in [-0.3, -0.25) is 15.0 Å². The Morgan fingerprint density at radius 1 is 1.23 bits per heavy atom. The predicted octanol–water partition coefficient (Wildman–Crippen LogP) is 2.79. The molecule has 0 spiro atoms. The molecule has 22 heavy (non-hydrogen) atoms. The van der Waals surface area contributed by atoms with E-state index in [2.05, 4.69) is 5.32 Å². The Labute approximate surface area is 137 Å². The van der Waals surface area contributed by atoms with Gasteiger partial charge in [-0.2, -0.15) is 0 Å². The van der Waals surface area contributed by atoms with Crippen LogP contribution in [0.5, 0.6) is 0 Å². The minimum atomic E-state index is -2.78. The van der Waals surface area contributed by atoms with Gasteiger partial charge in [0.05, 0.1) is 16.6 Å². The molecule has 0 aromatic heterocycles. The highest BCUT2D eigenvalue weighted by Crippen LogP contribution is 2.34. The van der Waals surface area contributed by atoms with Crippen LogP contribution in [0, 0.1) is 15.9 Å². The molecule has 1 aromatic carbocycles. The number of piperazine rings is 1. The van der Waals surface area contributed by atoms with Crippen molar-refractivity contribution in [1.82, 2.24) is 10.2 Å². The van der Waals surface area contributed by atoms with Crippen molar-refractivity contribution in [3.63, 3.8) is 0 Å². The fraction of sp³-hybridized carbons (Fsp3) is 0.500. The third-order valence-corrected chi connectivity index (χ3v) is 3.29. The van der Waals surface area contributed by atoms with Crippen LogP contribution in [0.4, 0.5) is 18.9 Å². The van der Waals surface area contributed by atoms with Gasteiger partial charge in [0.15, 0.2) is 0 Å². The number of hydrogen-bond acceptors (Lipinski definition) is 4. The first kappa shape index (κ1) is 20.9. The molecule has 1 fully saturated rings. The van der Waals surface area contributed by atoms with E-state index in [-0.39, 0.29) is 30.4 Å². The second-order valence-electron chi connectivity index (χ2n) is 4.53. The second-order valence-corrected chi connectivity index (χ2v) is 4.53. The first-order valence-corrected chi connectivity index (χ1v) is 6.17. The number of nitrogens with zero attached hydrogens (tertiary/aromatic N) is 2. The molecule has 1 aliphatic rings. The van der Waals surface area contributed by atoms with E-state index >= 15 is 0 Å². The maximum atomic E-state index is 13.3. The number of rotatable bonds is 4. The number of halogens is 5. The van der Waals surface area contributed by atoms with Crippen LogP contribution < -0.4 is 5.32 Å².